The molecule has 1 aromatic rings. The first-order chi connectivity index (χ1) is 7.75. The van der Waals surface area contributed by atoms with Crippen LogP contribution in [0, 0.1) is 11.8 Å². The Labute approximate surface area is 97.5 Å². The van der Waals surface area contributed by atoms with Gasteiger partial charge in [0.15, 0.2) is 0 Å². The van der Waals surface area contributed by atoms with Gasteiger partial charge in [-0.15, -0.1) is 0 Å². The third-order valence-electron chi connectivity index (χ3n) is 3.59. The van der Waals surface area contributed by atoms with E-state index in [1.54, 1.807) is 6.20 Å². The van der Waals surface area contributed by atoms with E-state index in [-0.39, 0.29) is 0 Å². The Morgan fingerprint density at radius 2 is 2.19 bits per heavy atom. The standard InChI is InChI=1S/C13H21N3/c1-10-4-6-15-7-5-11(10)8-13-3-2-12(14)9-16-13/h2-3,9-11,15H,4-8,14H2,1H3. The zero-order chi connectivity index (χ0) is 11.4. The lowest BCUT2D eigenvalue weighted by Crippen LogP contribution is -2.15. The van der Waals surface area contributed by atoms with Crippen molar-refractivity contribution in [2.24, 2.45) is 11.8 Å². The summed E-state index contributed by atoms with van der Waals surface area (Å²) >= 11 is 0. The second-order valence-electron chi connectivity index (χ2n) is 4.85. The molecule has 1 aromatic heterocycles. The highest BCUT2D eigenvalue weighted by Crippen LogP contribution is 2.24. The smallest absolute Gasteiger partial charge is 0.0501 e. The van der Waals surface area contributed by atoms with Crippen molar-refractivity contribution in [2.45, 2.75) is 26.2 Å². The van der Waals surface area contributed by atoms with Crippen LogP contribution in [-0.2, 0) is 6.42 Å². The first-order valence-electron chi connectivity index (χ1n) is 6.17. The fraction of sp³-hybridized carbons (Fsp3) is 0.615. The van der Waals surface area contributed by atoms with Gasteiger partial charge in [-0.25, -0.2) is 0 Å². The van der Waals surface area contributed by atoms with Crippen LogP contribution in [0.25, 0.3) is 0 Å². The second-order valence-corrected chi connectivity index (χ2v) is 4.85. The maximum absolute atomic E-state index is 5.64. The molecule has 0 amide bonds. The molecule has 2 rings (SSSR count). The fourth-order valence-electron chi connectivity index (χ4n) is 2.39. The zero-order valence-corrected chi connectivity index (χ0v) is 9.95. The summed E-state index contributed by atoms with van der Waals surface area (Å²) in [5, 5.41) is 3.46. The highest BCUT2D eigenvalue weighted by atomic mass is 14.9. The predicted octanol–water partition coefficient (Wildman–Crippen LogP) is 1.84. The number of hydrogen-bond acceptors (Lipinski definition) is 3. The Bertz CT molecular complexity index is 320. The van der Waals surface area contributed by atoms with Gasteiger partial charge < -0.3 is 11.1 Å². The van der Waals surface area contributed by atoms with Gasteiger partial charge in [-0.1, -0.05) is 6.92 Å². The van der Waals surface area contributed by atoms with Crippen LogP contribution >= 0.6 is 0 Å². The van der Waals surface area contributed by atoms with Crippen LogP contribution < -0.4 is 11.1 Å². The quantitative estimate of drug-likeness (QED) is 0.798. The number of aromatic nitrogens is 1. The van der Waals surface area contributed by atoms with Gasteiger partial charge in [0.1, 0.15) is 0 Å². The Hall–Kier alpha value is -1.09. The van der Waals surface area contributed by atoms with Gasteiger partial charge in [-0.2, -0.15) is 0 Å². The van der Waals surface area contributed by atoms with E-state index in [0.717, 1.165) is 37.0 Å². The lowest BCUT2D eigenvalue weighted by molar-refractivity contribution is 0.343. The third-order valence-corrected chi connectivity index (χ3v) is 3.59. The van der Waals surface area contributed by atoms with E-state index in [9.17, 15) is 0 Å². The average molecular weight is 219 g/mol. The summed E-state index contributed by atoms with van der Waals surface area (Å²) < 4.78 is 0. The molecule has 1 saturated heterocycles. The van der Waals surface area contributed by atoms with Crippen molar-refractivity contribution in [2.75, 3.05) is 18.8 Å². The van der Waals surface area contributed by atoms with Crippen LogP contribution in [0.4, 0.5) is 5.69 Å². The number of anilines is 1. The number of hydrogen-bond donors (Lipinski definition) is 2. The van der Waals surface area contributed by atoms with Crippen molar-refractivity contribution >= 4 is 5.69 Å². The molecule has 3 N–H and O–H groups in total. The molecule has 0 saturated carbocycles. The minimum absolute atomic E-state index is 0.749. The number of nitrogens with zero attached hydrogens (tertiary/aromatic N) is 1. The fourth-order valence-corrected chi connectivity index (χ4v) is 2.39. The van der Waals surface area contributed by atoms with Crippen LogP contribution in [0.1, 0.15) is 25.5 Å². The zero-order valence-electron chi connectivity index (χ0n) is 9.95. The monoisotopic (exact) mass is 219 g/mol. The molecule has 1 aliphatic rings. The largest absolute Gasteiger partial charge is 0.397 e. The van der Waals surface area contributed by atoms with Crippen molar-refractivity contribution in [3.05, 3.63) is 24.0 Å². The molecule has 0 aliphatic carbocycles. The lowest BCUT2D eigenvalue weighted by atomic mass is 9.86. The van der Waals surface area contributed by atoms with Gasteiger partial charge in [0, 0.05) is 5.69 Å². The Kier molecular flexibility index (Phi) is 3.78. The first kappa shape index (κ1) is 11.4. The summed E-state index contributed by atoms with van der Waals surface area (Å²) in [6, 6.07) is 4.00. The normalized spacial score (nSPS) is 26.3. The summed E-state index contributed by atoms with van der Waals surface area (Å²) in [5.41, 5.74) is 7.56. The van der Waals surface area contributed by atoms with Crippen LogP contribution in [0.5, 0.6) is 0 Å². The molecule has 3 heteroatoms. The molecule has 0 radical (unpaired) electrons. The molecule has 1 aliphatic heterocycles. The topological polar surface area (TPSA) is 50.9 Å². The molecular formula is C13H21N3. The van der Waals surface area contributed by atoms with Crippen LogP contribution in [0.3, 0.4) is 0 Å². The molecule has 0 aromatic carbocycles. The molecule has 0 spiro atoms. The molecule has 0 bridgehead atoms. The summed E-state index contributed by atoms with van der Waals surface area (Å²) in [6.45, 7) is 4.66. The van der Waals surface area contributed by atoms with Gasteiger partial charge in [0.25, 0.3) is 0 Å². The molecule has 2 unspecified atom stereocenters. The Morgan fingerprint density at radius 1 is 1.38 bits per heavy atom. The van der Waals surface area contributed by atoms with Crippen molar-refractivity contribution < 1.29 is 0 Å². The summed E-state index contributed by atoms with van der Waals surface area (Å²) in [7, 11) is 0. The van der Waals surface area contributed by atoms with Gasteiger partial charge in [0.2, 0.25) is 0 Å². The maximum atomic E-state index is 5.64. The summed E-state index contributed by atoms with van der Waals surface area (Å²) in [4.78, 5) is 4.39. The maximum Gasteiger partial charge on any atom is 0.0501 e. The Balaban J connectivity index is 1.99. The van der Waals surface area contributed by atoms with Gasteiger partial charge in [-0.05, 0) is 56.3 Å². The number of nitrogens with one attached hydrogen (secondary N) is 1. The van der Waals surface area contributed by atoms with Crippen molar-refractivity contribution in [1.29, 1.82) is 0 Å². The van der Waals surface area contributed by atoms with Gasteiger partial charge in [-0.3, -0.25) is 4.98 Å². The van der Waals surface area contributed by atoms with E-state index < -0.39 is 0 Å². The average Bonchev–Trinajstić information content (AvgIpc) is 2.48. The van der Waals surface area contributed by atoms with E-state index >= 15 is 0 Å². The molecule has 1 fully saturated rings. The SMILES string of the molecule is CC1CCNCCC1Cc1ccc(N)cn1. The summed E-state index contributed by atoms with van der Waals surface area (Å²) in [5.74, 6) is 1.54. The molecular weight excluding hydrogens is 198 g/mol. The highest BCUT2D eigenvalue weighted by molar-refractivity contribution is 5.34. The van der Waals surface area contributed by atoms with Crippen molar-refractivity contribution in [3.63, 3.8) is 0 Å². The van der Waals surface area contributed by atoms with Gasteiger partial charge in [0.05, 0.1) is 11.9 Å². The van der Waals surface area contributed by atoms with Crippen molar-refractivity contribution in [3.8, 4) is 0 Å². The Morgan fingerprint density at radius 3 is 2.94 bits per heavy atom. The minimum Gasteiger partial charge on any atom is -0.397 e. The number of pyridine rings is 1. The molecule has 2 heterocycles. The van der Waals surface area contributed by atoms with Crippen LogP contribution in [0.2, 0.25) is 0 Å². The van der Waals surface area contributed by atoms with E-state index in [1.165, 1.54) is 18.5 Å². The molecule has 2 atom stereocenters. The lowest BCUT2D eigenvalue weighted by Gasteiger charge is -2.20. The van der Waals surface area contributed by atoms with Crippen molar-refractivity contribution in [1.82, 2.24) is 10.3 Å². The number of nitrogen functional groups attached to an aromatic ring is 1. The van der Waals surface area contributed by atoms with E-state index in [2.05, 4.69) is 23.3 Å². The summed E-state index contributed by atoms with van der Waals surface area (Å²) in [6.07, 6.45) is 5.38. The van der Waals surface area contributed by atoms with E-state index in [4.69, 9.17) is 5.73 Å². The number of rotatable bonds is 2. The highest BCUT2D eigenvalue weighted by Gasteiger charge is 2.20. The van der Waals surface area contributed by atoms with Gasteiger partial charge >= 0.3 is 0 Å². The third kappa shape index (κ3) is 2.95. The molecule has 88 valence electrons. The van der Waals surface area contributed by atoms with E-state index in [1.807, 2.05) is 6.07 Å². The first-order valence-corrected chi connectivity index (χ1v) is 6.17. The van der Waals surface area contributed by atoms with E-state index in [0.29, 0.717) is 0 Å². The van der Waals surface area contributed by atoms with Crippen LogP contribution in [-0.4, -0.2) is 18.1 Å². The predicted molar refractivity (Wildman–Crippen MR) is 67.1 cm³/mol. The van der Waals surface area contributed by atoms with Crippen LogP contribution in [0.15, 0.2) is 18.3 Å². The minimum atomic E-state index is 0.749. The molecule has 3 nitrogen and oxygen atoms in total. The number of nitrogens with two attached hydrogens (primary N) is 1. The second kappa shape index (κ2) is 5.30. The molecule has 16 heavy (non-hydrogen) atoms.